The maximum absolute atomic E-state index is 6.20. The lowest BCUT2D eigenvalue weighted by atomic mass is 9.79. The highest BCUT2D eigenvalue weighted by atomic mass is 15.3. The first-order valence-corrected chi connectivity index (χ1v) is 6.53. The summed E-state index contributed by atoms with van der Waals surface area (Å²) in [6, 6.07) is 8.70. The Morgan fingerprint density at radius 3 is 3.11 bits per heavy atom. The van der Waals surface area contributed by atoms with E-state index in [2.05, 4.69) is 39.7 Å². The number of rotatable bonds is 3. The van der Waals surface area contributed by atoms with Gasteiger partial charge >= 0.3 is 0 Å². The van der Waals surface area contributed by atoms with Crippen molar-refractivity contribution in [3.63, 3.8) is 0 Å². The number of nitrogens with two attached hydrogens (primary N) is 1. The van der Waals surface area contributed by atoms with Crippen molar-refractivity contribution in [2.45, 2.75) is 37.6 Å². The van der Waals surface area contributed by atoms with E-state index in [1.807, 2.05) is 0 Å². The van der Waals surface area contributed by atoms with Gasteiger partial charge in [0.05, 0.1) is 17.9 Å². The predicted molar refractivity (Wildman–Crippen MR) is 70.0 cm³/mol. The van der Waals surface area contributed by atoms with E-state index in [1.54, 1.807) is 6.20 Å². The van der Waals surface area contributed by atoms with Gasteiger partial charge in [-0.3, -0.25) is 0 Å². The number of nitrogens with one attached hydrogen (secondary N) is 1. The quantitative estimate of drug-likeness (QED) is 0.868. The Hall–Kier alpha value is -1.68. The lowest BCUT2D eigenvalue weighted by molar-refractivity contribution is 0.471. The smallest absolute Gasteiger partial charge is 0.0991 e. The molecule has 0 amide bonds. The van der Waals surface area contributed by atoms with Gasteiger partial charge in [0.15, 0.2) is 0 Å². The number of hydrogen-bond donors (Lipinski definition) is 2. The summed E-state index contributed by atoms with van der Waals surface area (Å²) in [6.07, 6.45) is 6.35. The average Bonchev–Trinajstić information content (AvgIpc) is 2.93. The third-order valence-corrected chi connectivity index (χ3v) is 3.85. The molecule has 0 aliphatic heterocycles. The molecular weight excluding hydrogens is 224 g/mol. The molecule has 18 heavy (non-hydrogen) atoms. The molecule has 1 aliphatic carbocycles. The molecule has 3 N–H and O–H groups in total. The van der Waals surface area contributed by atoms with Crippen molar-refractivity contribution in [3.8, 4) is 0 Å². The zero-order chi connectivity index (χ0) is 12.4. The number of aromatic amines is 1. The van der Waals surface area contributed by atoms with Gasteiger partial charge in [-0.05, 0) is 42.7 Å². The van der Waals surface area contributed by atoms with Crippen molar-refractivity contribution in [2.24, 2.45) is 5.73 Å². The molecule has 4 heteroatoms. The van der Waals surface area contributed by atoms with Crippen molar-refractivity contribution in [2.75, 3.05) is 0 Å². The number of hydrogen-bond acceptors (Lipinski definition) is 3. The van der Waals surface area contributed by atoms with Crippen molar-refractivity contribution in [1.82, 2.24) is 15.4 Å². The van der Waals surface area contributed by atoms with Crippen LogP contribution < -0.4 is 5.73 Å². The van der Waals surface area contributed by atoms with Gasteiger partial charge in [-0.2, -0.15) is 15.4 Å². The summed E-state index contributed by atoms with van der Waals surface area (Å²) in [5.41, 5.74) is 10.0. The summed E-state index contributed by atoms with van der Waals surface area (Å²) in [4.78, 5) is 0. The highest BCUT2D eigenvalue weighted by Gasteiger charge is 2.23. The van der Waals surface area contributed by atoms with Crippen LogP contribution in [-0.4, -0.2) is 15.4 Å². The fourth-order valence-corrected chi connectivity index (χ4v) is 2.92. The van der Waals surface area contributed by atoms with E-state index in [4.69, 9.17) is 5.73 Å². The second-order valence-electron chi connectivity index (χ2n) is 5.03. The van der Waals surface area contributed by atoms with Crippen LogP contribution in [0.4, 0.5) is 0 Å². The molecule has 94 valence electrons. The number of H-pyrrole nitrogens is 1. The van der Waals surface area contributed by atoms with Crippen LogP contribution in [0.5, 0.6) is 0 Å². The third kappa shape index (κ3) is 2.16. The van der Waals surface area contributed by atoms with Gasteiger partial charge in [0, 0.05) is 0 Å². The monoisotopic (exact) mass is 242 g/mol. The molecule has 2 aromatic rings. The van der Waals surface area contributed by atoms with E-state index in [0.717, 1.165) is 12.1 Å². The minimum atomic E-state index is -0.0279. The van der Waals surface area contributed by atoms with Gasteiger partial charge in [-0.25, -0.2) is 0 Å². The molecule has 4 nitrogen and oxygen atoms in total. The number of benzene rings is 1. The Morgan fingerprint density at radius 1 is 1.39 bits per heavy atom. The van der Waals surface area contributed by atoms with Crippen molar-refractivity contribution >= 4 is 0 Å². The molecule has 1 aromatic heterocycles. The van der Waals surface area contributed by atoms with Crippen LogP contribution in [0.1, 0.15) is 48.0 Å². The normalized spacial score (nSPS) is 20.4. The van der Waals surface area contributed by atoms with Gasteiger partial charge < -0.3 is 5.73 Å². The highest BCUT2D eigenvalue weighted by Crippen LogP contribution is 2.36. The van der Waals surface area contributed by atoms with Gasteiger partial charge in [-0.1, -0.05) is 24.3 Å². The van der Waals surface area contributed by atoms with E-state index >= 15 is 0 Å². The number of fused-ring (bicyclic) bond motifs is 1. The SMILES string of the molecule is NC(CC1CCCc2ccccc21)c1cn[nH]n1. The van der Waals surface area contributed by atoms with E-state index in [1.165, 1.54) is 30.4 Å². The molecule has 2 atom stereocenters. The van der Waals surface area contributed by atoms with Crippen LogP contribution >= 0.6 is 0 Å². The lowest BCUT2D eigenvalue weighted by Gasteiger charge is -2.27. The molecule has 0 saturated carbocycles. The fraction of sp³-hybridized carbons (Fsp3) is 0.429. The Morgan fingerprint density at radius 2 is 2.28 bits per heavy atom. The molecule has 0 radical (unpaired) electrons. The minimum Gasteiger partial charge on any atom is -0.323 e. The summed E-state index contributed by atoms with van der Waals surface area (Å²) in [5.74, 6) is 0.557. The van der Waals surface area contributed by atoms with E-state index in [9.17, 15) is 0 Å². The molecule has 0 spiro atoms. The first-order valence-electron chi connectivity index (χ1n) is 6.53. The first-order chi connectivity index (χ1) is 8.84. The molecule has 1 aromatic carbocycles. The zero-order valence-corrected chi connectivity index (χ0v) is 10.3. The Labute approximate surface area is 107 Å². The third-order valence-electron chi connectivity index (χ3n) is 3.85. The first kappa shape index (κ1) is 11.4. The molecule has 1 heterocycles. The van der Waals surface area contributed by atoms with E-state index in [0.29, 0.717) is 5.92 Å². The summed E-state index contributed by atoms with van der Waals surface area (Å²) < 4.78 is 0. The molecule has 0 bridgehead atoms. The maximum atomic E-state index is 6.20. The molecule has 0 saturated heterocycles. The van der Waals surface area contributed by atoms with Crippen molar-refractivity contribution < 1.29 is 0 Å². The summed E-state index contributed by atoms with van der Waals surface area (Å²) in [7, 11) is 0. The van der Waals surface area contributed by atoms with Gasteiger partial charge in [0.25, 0.3) is 0 Å². The summed E-state index contributed by atoms with van der Waals surface area (Å²) in [5, 5.41) is 10.5. The van der Waals surface area contributed by atoms with Gasteiger partial charge in [0.1, 0.15) is 0 Å². The van der Waals surface area contributed by atoms with Crippen LogP contribution in [0.3, 0.4) is 0 Å². The molecule has 1 aliphatic rings. The fourth-order valence-electron chi connectivity index (χ4n) is 2.92. The van der Waals surface area contributed by atoms with Gasteiger partial charge in [-0.15, -0.1) is 0 Å². The lowest BCUT2D eigenvalue weighted by Crippen LogP contribution is -2.18. The van der Waals surface area contributed by atoms with Crippen LogP contribution in [0.25, 0.3) is 0 Å². The van der Waals surface area contributed by atoms with Crippen LogP contribution in [-0.2, 0) is 6.42 Å². The van der Waals surface area contributed by atoms with Crippen molar-refractivity contribution in [3.05, 3.63) is 47.3 Å². The summed E-state index contributed by atoms with van der Waals surface area (Å²) >= 11 is 0. The molecule has 2 unspecified atom stereocenters. The topological polar surface area (TPSA) is 67.6 Å². The Balaban J connectivity index is 1.78. The molecule has 0 fully saturated rings. The highest BCUT2D eigenvalue weighted by molar-refractivity contribution is 5.32. The van der Waals surface area contributed by atoms with Gasteiger partial charge in [0.2, 0.25) is 0 Å². The predicted octanol–water partition coefficient (Wildman–Crippen LogP) is 2.31. The number of nitrogens with zero attached hydrogens (tertiary/aromatic N) is 2. The standard InChI is InChI=1S/C14H18N4/c15-13(14-9-16-18-17-14)8-11-6-3-5-10-4-1-2-7-12(10)11/h1-2,4,7,9,11,13H,3,5-6,8,15H2,(H,16,17,18). The number of aryl methyl sites for hydroxylation is 1. The zero-order valence-electron chi connectivity index (χ0n) is 10.3. The average molecular weight is 242 g/mol. The van der Waals surface area contributed by atoms with Crippen LogP contribution in [0.2, 0.25) is 0 Å². The molecular formula is C14H18N4. The second-order valence-corrected chi connectivity index (χ2v) is 5.03. The van der Waals surface area contributed by atoms with Crippen LogP contribution in [0.15, 0.2) is 30.5 Å². The number of aromatic nitrogens is 3. The van der Waals surface area contributed by atoms with E-state index < -0.39 is 0 Å². The largest absolute Gasteiger partial charge is 0.323 e. The Kier molecular flexibility index (Phi) is 3.11. The van der Waals surface area contributed by atoms with E-state index in [-0.39, 0.29) is 6.04 Å². The minimum absolute atomic E-state index is 0.0279. The second kappa shape index (κ2) is 4.90. The summed E-state index contributed by atoms with van der Waals surface area (Å²) in [6.45, 7) is 0. The maximum Gasteiger partial charge on any atom is 0.0991 e. The Bertz CT molecular complexity index is 506. The van der Waals surface area contributed by atoms with Crippen molar-refractivity contribution in [1.29, 1.82) is 0 Å². The van der Waals surface area contributed by atoms with Crippen LogP contribution in [0, 0.1) is 0 Å². The molecule has 3 rings (SSSR count).